The summed E-state index contributed by atoms with van der Waals surface area (Å²) in [5.41, 5.74) is 6.10. The highest BCUT2D eigenvalue weighted by atomic mass is 35.5. The van der Waals surface area contributed by atoms with Gasteiger partial charge in [0, 0.05) is 28.3 Å². The Morgan fingerprint density at radius 3 is 2.57 bits per heavy atom. The largest absolute Gasteiger partial charge is 0.500 e. The summed E-state index contributed by atoms with van der Waals surface area (Å²) >= 11 is 6.44. The van der Waals surface area contributed by atoms with Crippen molar-refractivity contribution < 1.29 is 9.47 Å². The molecule has 0 saturated carbocycles. The van der Waals surface area contributed by atoms with Crippen LogP contribution in [0.15, 0.2) is 59.5 Å². The molecule has 3 rings (SSSR count). The zero-order valence-corrected chi connectivity index (χ0v) is 19.0. The van der Waals surface area contributed by atoms with Crippen molar-refractivity contribution in [3.8, 4) is 5.75 Å². The standard InChI is InChI=1S/C26H28ClNO2/c1-17-9-11-23(28-16-17)12-10-20-14-21(13-19(3)25(20)29-4)24-15-22(27)8-6-7-18(2)26(24)30-5/h6,8-16,18H,7H2,1-5H3. The van der Waals surface area contributed by atoms with Crippen molar-refractivity contribution in [2.45, 2.75) is 27.2 Å². The zero-order chi connectivity index (χ0) is 21.7. The lowest BCUT2D eigenvalue weighted by Crippen LogP contribution is -2.06. The molecule has 1 atom stereocenters. The highest BCUT2D eigenvalue weighted by Gasteiger charge is 2.18. The van der Waals surface area contributed by atoms with E-state index in [1.807, 2.05) is 43.5 Å². The van der Waals surface area contributed by atoms with Crippen molar-refractivity contribution in [2.24, 2.45) is 5.92 Å². The van der Waals surface area contributed by atoms with Crippen LogP contribution in [-0.2, 0) is 4.74 Å². The third-order valence-corrected chi connectivity index (χ3v) is 5.40. The number of aromatic nitrogens is 1. The van der Waals surface area contributed by atoms with E-state index in [2.05, 4.69) is 43.1 Å². The van der Waals surface area contributed by atoms with Crippen LogP contribution < -0.4 is 4.74 Å². The highest BCUT2D eigenvalue weighted by molar-refractivity contribution is 6.32. The number of halogens is 1. The summed E-state index contributed by atoms with van der Waals surface area (Å²) in [6.07, 6.45) is 12.8. The van der Waals surface area contributed by atoms with Gasteiger partial charge in [-0.25, -0.2) is 0 Å². The van der Waals surface area contributed by atoms with Crippen molar-refractivity contribution >= 4 is 29.3 Å². The minimum absolute atomic E-state index is 0.250. The molecule has 0 N–H and O–H groups in total. The molecule has 1 aliphatic rings. The van der Waals surface area contributed by atoms with Gasteiger partial charge in [0.25, 0.3) is 0 Å². The number of aryl methyl sites for hydroxylation is 2. The Bertz CT molecular complexity index is 1030. The van der Waals surface area contributed by atoms with Gasteiger partial charge in [-0.15, -0.1) is 0 Å². The number of rotatable bonds is 5. The second kappa shape index (κ2) is 9.82. The number of benzene rings is 1. The van der Waals surface area contributed by atoms with Crippen LogP contribution >= 0.6 is 11.6 Å². The van der Waals surface area contributed by atoms with E-state index in [-0.39, 0.29) is 5.92 Å². The molecule has 0 amide bonds. The third kappa shape index (κ3) is 5.03. The molecule has 4 heteroatoms. The number of nitrogens with zero attached hydrogens (tertiary/aromatic N) is 1. The molecule has 2 aromatic rings. The maximum atomic E-state index is 6.44. The molecular formula is C26H28ClNO2. The number of allylic oxidation sites excluding steroid dienone is 6. The summed E-state index contributed by atoms with van der Waals surface area (Å²) in [6, 6.07) is 8.29. The van der Waals surface area contributed by atoms with Crippen molar-refractivity contribution in [3.05, 3.63) is 87.4 Å². The van der Waals surface area contributed by atoms with E-state index in [1.165, 1.54) is 0 Å². The number of hydrogen-bond donors (Lipinski definition) is 0. The monoisotopic (exact) mass is 421 g/mol. The lowest BCUT2D eigenvalue weighted by atomic mass is 9.92. The van der Waals surface area contributed by atoms with Crippen molar-refractivity contribution in [1.29, 1.82) is 0 Å². The predicted molar refractivity (Wildman–Crippen MR) is 126 cm³/mol. The first-order valence-electron chi connectivity index (χ1n) is 10.0. The lowest BCUT2D eigenvalue weighted by Gasteiger charge is -2.20. The molecule has 1 aliphatic carbocycles. The summed E-state index contributed by atoms with van der Waals surface area (Å²) < 4.78 is 11.5. The van der Waals surface area contributed by atoms with E-state index in [1.54, 1.807) is 14.2 Å². The van der Waals surface area contributed by atoms with Gasteiger partial charge < -0.3 is 9.47 Å². The number of ether oxygens (including phenoxy) is 2. The molecule has 1 aromatic carbocycles. The Labute approximate surface area is 184 Å². The molecular weight excluding hydrogens is 394 g/mol. The van der Waals surface area contributed by atoms with Gasteiger partial charge in [-0.2, -0.15) is 0 Å². The van der Waals surface area contributed by atoms with Gasteiger partial charge in [-0.1, -0.05) is 30.7 Å². The van der Waals surface area contributed by atoms with E-state index in [0.29, 0.717) is 5.03 Å². The summed E-state index contributed by atoms with van der Waals surface area (Å²) in [6.45, 7) is 6.24. The van der Waals surface area contributed by atoms with E-state index in [0.717, 1.165) is 51.5 Å². The van der Waals surface area contributed by atoms with E-state index in [9.17, 15) is 0 Å². The maximum Gasteiger partial charge on any atom is 0.129 e. The molecule has 156 valence electrons. The Morgan fingerprint density at radius 2 is 1.90 bits per heavy atom. The molecule has 3 nitrogen and oxygen atoms in total. The van der Waals surface area contributed by atoms with Crippen molar-refractivity contribution in [3.63, 3.8) is 0 Å². The molecule has 0 fully saturated rings. The normalized spacial score (nSPS) is 17.0. The van der Waals surface area contributed by atoms with Gasteiger partial charge in [0.1, 0.15) is 11.5 Å². The maximum absolute atomic E-state index is 6.44. The lowest BCUT2D eigenvalue weighted by molar-refractivity contribution is 0.250. The molecule has 1 unspecified atom stereocenters. The third-order valence-electron chi connectivity index (χ3n) is 5.17. The van der Waals surface area contributed by atoms with Crippen LogP contribution in [-0.4, -0.2) is 19.2 Å². The SMILES string of the molecule is COC1=C(c2cc(C)c(OC)c(C=Cc3ccc(C)cn3)c2)C=C(Cl)C=CCC1C. The summed E-state index contributed by atoms with van der Waals surface area (Å²) in [7, 11) is 3.42. The first-order valence-corrected chi connectivity index (χ1v) is 10.4. The summed E-state index contributed by atoms with van der Waals surface area (Å²) in [4.78, 5) is 4.46. The minimum atomic E-state index is 0.250. The average molecular weight is 422 g/mol. The average Bonchev–Trinajstić information content (AvgIpc) is 2.71. The topological polar surface area (TPSA) is 31.4 Å². The smallest absolute Gasteiger partial charge is 0.129 e. The Hall–Kier alpha value is -2.78. The van der Waals surface area contributed by atoms with Gasteiger partial charge in [0.15, 0.2) is 0 Å². The summed E-state index contributed by atoms with van der Waals surface area (Å²) in [5, 5.41) is 0.681. The van der Waals surface area contributed by atoms with Crippen LogP contribution in [0.1, 0.15) is 41.3 Å². The number of pyridine rings is 1. The second-order valence-corrected chi connectivity index (χ2v) is 8.00. The van der Waals surface area contributed by atoms with Crippen LogP contribution in [0.4, 0.5) is 0 Å². The quantitative estimate of drug-likeness (QED) is 0.523. The molecule has 30 heavy (non-hydrogen) atoms. The number of methoxy groups -OCH3 is 2. The second-order valence-electron chi connectivity index (χ2n) is 7.56. The molecule has 0 saturated heterocycles. The molecule has 0 radical (unpaired) electrons. The summed E-state index contributed by atoms with van der Waals surface area (Å²) in [5.74, 6) is 2.02. The fraction of sp³-hybridized carbons (Fsp3) is 0.269. The van der Waals surface area contributed by atoms with Crippen LogP contribution in [0, 0.1) is 19.8 Å². The van der Waals surface area contributed by atoms with Crippen LogP contribution in [0.25, 0.3) is 17.7 Å². The first kappa shape index (κ1) is 21.9. The van der Waals surface area contributed by atoms with Crippen LogP contribution in [0.2, 0.25) is 0 Å². The Balaban J connectivity index is 2.13. The van der Waals surface area contributed by atoms with Crippen LogP contribution in [0.3, 0.4) is 0 Å². The minimum Gasteiger partial charge on any atom is -0.500 e. The van der Waals surface area contributed by atoms with Gasteiger partial charge >= 0.3 is 0 Å². The van der Waals surface area contributed by atoms with E-state index >= 15 is 0 Å². The van der Waals surface area contributed by atoms with Crippen molar-refractivity contribution in [1.82, 2.24) is 4.98 Å². The highest BCUT2D eigenvalue weighted by Crippen LogP contribution is 2.35. The Kier molecular flexibility index (Phi) is 7.17. The van der Waals surface area contributed by atoms with E-state index in [4.69, 9.17) is 21.1 Å². The molecule has 0 bridgehead atoms. The van der Waals surface area contributed by atoms with Crippen molar-refractivity contribution in [2.75, 3.05) is 14.2 Å². The fourth-order valence-electron chi connectivity index (χ4n) is 3.66. The molecule has 0 aliphatic heterocycles. The molecule has 1 heterocycles. The zero-order valence-electron chi connectivity index (χ0n) is 18.2. The number of hydrogen-bond acceptors (Lipinski definition) is 3. The van der Waals surface area contributed by atoms with Gasteiger partial charge in [0.05, 0.1) is 19.9 Å². The predicted octanol–water partition coefficient (Wildman–Crippen LogP) is 6.95. The van der Waals surface area contributed by atoms with Gasteiger partial charge in [-0.05, 0) is 79.5 Å². The van der Waals surface area contributed by atoms with Gasteiger partial charge in [-0.3, -0.25) is 4.98 Å². The van der Waals surface area contributed by atoms with Crippen LogP contribution in [0.5, 0.6) is 5.75 Å². The van der Waals surface area contributed by atoms with E-state index < -0.39 is 0 Å². The Morgan fingerprint density at radius 1 is 1.10 bits per heavy atom. The van der Waals surface area contributed by atoms with Gasteiger partial charge in [0.2, 0.25) is 0 Å². The molecule has 1 aromatic heterocycles. The fourth-order valence-corrected chi connectivity index (χ4v) is 3.86. The first-order chi connectivity index (χ1) is 14.4. The molecule has 0 spiro atoms.